The lowest BCUT2D eigenvalue weighted by Crippen LogP contribution is -2.04. The fourth-order valence-electron chi connectivity index (χ4n) is 2.40. The maximum atomic E-state index is 12.7. The molecule has 0 amide bonds. The van der Waals surface area contributed by atoms with Gasteiger partial charge in [0, 0.05) is 18.8 Å². The minimum absolute atomic E-state index is 0.434. The molecule has 2 aromatic heterocycles. The van der Waals surface area contributed by atoms with E-state index in [0.29, 0.717) is 28.2 Å². The Labute approximate surface area is 135 Å². The summed E-state index contributed by atoms with van der Waals surface area (Å²) in [6, 6.07) is 10.1. The Bertz CT molecular complexity index is 918. The van der Waals surface area contributed by atoms with E-state index in [1.165, 1.54) is 18.3 Å². The summed E-state index contributed by atoms with van der Waals surface area (Å²) in [6.07, 6.45) is -1.32. The van der Waals surface area contributed by atoms with Gasteiger partial charge in [-0.2, -0.15) is 18.4 Å². The molecule has 0 unspecified atom stereocenters. The SMILES string of the molecule is Cn1cnc(-c2cc(C#N)ccn2)c1-c1ccc(C(F)(F)F)cc1. The number of rotatable bonds is 2. The van der Waals surface area contributed by atoms with Crippen LogP contribution < -0.4 is 0 Å². The lowest BCUT2D eigenvalue weighted by molar-refractivity contribution is -0.137. The molecule has 120 valence electrons. The third-order valence-electron chi connectivity index (χ3n) is 3.55. The Balaban J connectivity index is 2.09. The van der Waals surface area contributed by atoms with Gasteiger partial charge in [0.15, 0.2) is 0 Å². The number of halogens is 3. The van der Waals surface area contributed by atoms with E-state index < -0.39 is 11.7 Å². The number of hydrogen-bond donors (Lipinski definition) is 0. The average Bonchev–Trinajstić information content (AvgIpc) is 2.96. The van der Waals surface area contributed by atoms with Crippen molar-refractivity contribution in [3.63, 3.8) is 0 Å². The molecule has 1 aromatic carbocycles. The second kappa shape index (κ2) is 5.81. The molecule has 0 aliphatic rings. The molecule has 0 saturated heterocycles. The second-order valence-electron chi connectivity index (χ2n) is 5.17. The van der Waals surface area contributed by atoms with Crippen LogP contribution in [0.15, 0.2) is 48.9 Å². The first kappa shape index (κ1) is 15.7. The summed E-state index contributed by atoms with van der Waals surface area (Å²) in [7, 11) is 1.75. The lowest BCUT2D eigenvalue weighted by Gasteiger charge is -2.09. The summed E-state index contributed by atoms with van der Waals surface area (Å²) in [5, 5.41) is 9.00. The maximum Gasteiger partial charge on any atom is 0.416 e. The van der Waals surface area contributed by atoms with Crippen LogP contribution in [0, 0.1) is 11.3 Å². The smallest absolute Gasteiger partial charge is 0.333 e. The van der Waals surface area contributed by atoms with Gasteiger partial charge in [0.25, 0.3) is 0 Å². The first-order valence-electron chi connectivity index (χ1n) is 6.95. The molecule has 3 rings (SSSR count). The monoisotopic (exact) mass is 328 g/mol. The highest BCUT2D eigenvalue weighted by molar-refractivity contribution is 5.77. The van der Waals surface area contributed by atoms with Gasteiger partial charge in [-0.1, -0.05) is 12.1 Å². The van der Waals surface area contributed by atoms with Crippen molar-refractivity contribution in [1.82, 2.24) is 14.5 Å². The minimum Gasteiger partial charge on any atom is -0.333 e. The zero-order valence-electron chi connectivity index (χ0n) is 12.5. The van der Waals surface area contributed by atoms with Crippen LogP contribution >= 0.6 is 0 Å². The Morgan fingerprint density at radius 1 is 1.08 bits per heavy atom. The summed E-state index contributed by atoms with van der Waals surface area (Å²) >= 11 is 0. The van der Waals surface area contributed by atoms with E-state index in [0.717, 1.165) is 12.1 Å². The fraction of sp³-hybridized carbons (Fsp3) is 0.118. The average molecular weight is 328 g/mol. The van der Waals surface area contributed by atoms with E-state index in [1.54, 1.807) is 30.1 Å². The van der Waals surface area contributed by atoms with Crippen LogP contribution in [-0.2, 0) is 13.2 Å². The summed E-state index contributed by atoms with van der Waals surface area (Å²) in [5.41, 5.74) is 1.94. The van der Waals surface area contributed by atoms with Crippen molar-refractivity contribution in [1.29, 1.82) is 5.26 Å². The highest BCUT2D eigenvalue weighted by Gasteiger charge is 2.30. The molecule has 24 heavy (non-hydrogen) atoms. The van der Waals surface area contributed by atoms with Crippen LogP contribution in [0.5, 0.6) is 0 Å². The fourth-order valence-corrected chi connectivity index (χ4v) is 2.40. The Morgan fingerprint density at radius 3 is 2.42 bits per heavy atom. The molecular formula is C17H11F3N4. The molecule has 3 aromatic rings. The number of nitrogens with zero attached hydrogens (tertiary/aromatic N) is 4. The molecule has 0 radical (unpaired) electrons. The normalized spacial score (nSPS) is 11.3. The number of imidazole rings is 1. The van der Waals surface area contributed by atoms with E-state index in [1.807, 2.05) is 6.07 Å². The van der Waals surface area contributed by atoms with Gasteiger partial charge in [-0.25, -0.2) is 4.98 Å². The van der Waals surface area contributed by atoms with Crippen LogP contribution in [-0.4, -0.2) is 14.5 Å². The predicted molar refractivity (Wildman–Crippen MR) is 81.6 cm³/mol. The maximum absolute atomic E-state index is 12.7. The van der Waals surface area contributed by atoms with Crippen molar-refractivity contribution in [2.75, 3.05) is 0 Å². The van der Waals surface area contributed by atoms with Crippen molar-refractivity contribution >= 4 is 0 Å². The third kappa shape index (κ3) is 2.86. The molecule has 0 bridgehead atoms. The summed E-state index contributed by atoms with van der Waals surface area (Å²) < 4.78 is 39.8. The number of aryl methyl sites for hydroxylation is 1. The Morgan fingerprint density at radius 2 is 1.79 bits per heavy atom. The highest BCUT2D eigenvalue weighted by Crippen LogP contribution is 2.33. The Hall–Kier alpha value is -3.14. The van der Waals surface area contributed by atoms with Crippen LogP contribution in [0.3, 0.4) is 0 Å². The first-order valence-corrected chi connectivity index (χ1v) is 6.95. The molecular weight excluding hydrogens is 317 g/mol. The van der Waals surface area contributed by atoms with Gasteiger partial charge >= 0.3 is 6.18 Å². The van der Waals surface area contributed by atoms with E-state index >= 15 is 0 Å². The molecule has 0 saturated carbocycles. The predicted octanol–water partition coefficient (Wildman–Crippen LogP) is 4.04. The van der Waals surface area contributed by atoms with E-state index in [2.05, 4.69) is 9.97 Å². The summed E-state index contributed by atoms with van der Waals surface area (Å²) in [5.74, 6) is 0. The van der Waals surface area contributed by atoms with Gasteiger partial charge in [-0.15, -0.1) is 0 Å². The Kier molecular flexibility index (Phi) is 3.81. The standard InChI is InChI=1S/C17H11F3N4/c1-24-10-23-15(14-8-11(9-21)6-7-22-14)16(24)12-2-4-13(5-3-12)17(18,19)20/h2-8,10H,1H3. The van der Waals surface area contributed by atoms with Crippen molar-refractivity contribution in [3.8, 4) is 28.7 Å². The van der Waals surface area contributed by atoms with Gasteiger partial charge in [0.1, 0.15) is 5.69 Å². The second-order valence-corrected chi connectivity index (χ2v) is 5.17. The molecule has 0 aliphatic carbocycles. The van der Waals surface area contributed by atoms with Crippen LogP contribution in [0.1, 0.15) is 11.1 Å². The molecule has 0 aliphatic heterocycles. The third-order valence-corrected chi connectivity index (χ3v) is 3.55. The van der Waals surface area contributed by atoms with Gasteiger partial charge in [0.05, 0.1) is 34.9 Å². The van der Waals surface area contributed by atoms with Gasteiger partial charge in [-0.05, 0) is 24.3 Å². The molecule has 0 N–H and O–H groups in total. The number of alkyl halides is 3. The van der Waals surface area contributed by atoms with E-state index in [9.17, 15) is 13.2 Å². The van der Waals surface area contributed by atoms with E-state index in [-0.39, 0.29) is 0 Å². The van der Waals surface area contributed by atoms with Crippen LogP contribution in [0.4, 0.5) is 13.2 Å². The first-order chi connectivity index (χ1) is 11.4. The number of hydrogen-bond acceptors (Lipinski definition) is 3. The molecule has 7 heteroatoms. The zero-order valence-corrected chi connectivity index (χ0v) is 12.5. The highest BCUT2D eigenvalue weighted by atomic mass is 19.4. The molecule has 0 fully saturated rings. The quantitative estimate of drug-likeness (QED) is 0.713. The number of pyridine rings is 1. The zero-order chi connectivity index (χ0) is 17.3. The number of aromatic nitrogens is 3. The van der Waals surface area contributed by atoms with Gasteiger partial charge < -0.3 is 4.57 Å². The molecule has 0 spiro atoms. The van der Waals surface area contributed by atoms with Gasteiger partial charge in [0.2, 0.25) is 0 Å². The largest absolute Gasteiger partial charge is 0.416 e. The van der Waals surface area contributed by atoms with Crippen molar-refractivity contribution in [2.24, 2.45) is 7.05 Å². The van der Waals surface area contributed by atoms with Crippen LogP contribution in [0.2, 0.25) is 0 Å². The van der Waals surface area contributed by atoms with E-state index in [4.69, 9.17) is 5.26 Å². The van der Waals surface area contributed by atoms with Crippen molar-refractivity contribution in [3.05, 3.63) is 60.0 Å². The summed E-state index contributed by atoms with van der Waals surface area (Å²) in [6.45, 7) is 0. The number of benzene rings is 1. The molecule has 4 nitrogen and oxygen atoms in total. The van der Waals surface area contributed by atoms with Gasteiger partial charge in [-0.3, -0.25) is 4.98 Å². The minimum atomic E-state index is -4.38. The molecule has 0 atom stereocenters. The lowest BCUT2D eigenvalue weighted by atomic mass is 10.0. The summed E-state index contributed by atoms with van der Waals surface area (Å²) in [4.78, 5) is 8.48. The topological polar surface area (TPSA) is 54.5 Å². The molecule has 2 heterocycles. The van der Waals surface area contributed by atoms with Crippen molar-refractivity contribution < 1.29 is 13.2 Å². The van der Waals surface area contributed by atoms with Crippen molar-refractivity contribution in [2.45, 2.75) is 6.18 Å². The van der Waals surface area contributed by atoms with Crippen LogP contribution in [0.25, 0.3) is 22.6 Å². The number of nitriles is 1.